The minimum atomic E-state index is -0.410. The van der Waals surface area contributed by atoms with Crippen LogP contribution in [-0.4, -0.2) is 11.1 Å². The molecular weight excluding hydrogens is 302 g/mol. The number of para-hydroxylation sites is 3. The molecule has 0 atom stereocenters. The van der Waals surface area contributed by atoms with Gasteiger partial charge in [0, 0.05) is 0 Å². The summed E-state index contributed by atoms with van der Waals surface area (Å²) in [6, 6.07) is 20.0. The fourth-order valence-corrected chi connectivity index (χ4v) is 2.94. The molecule has 24 heavy (non-hydrogen) atoms. The summed E-state index contributed by atoms with van der Waals surface area (Å²) in [6.45, 7) is 1.92. The predicted octanol–water partition coefficient (Wildman–Crippen LogP) is 4.70. The third kappa shape index (κ3) is 2.20. The SMILES string of the molecule is Cc1ccc(N2c3ccccc3OC(=O)c3ccccc32)c(O)c1. The highest BCUT2D eigenvalue weighted by atomic mass is 16.5. The van der Waals surface area contributed by atoms with Gasteiger partial charge in [-0.05, 0) is 48.9 Å². The number of anilines is 3. The maximum atomic E-state index is 12.5. The molecule has 4 heteroatoms. The number of benzene rings is 3. The lowest BCUT2D eigenvalue weighted by Gasteiger charge is -2.26. The maximum Gasteiger partial charge on any atom is 0.345 e. The molecule has 0 saturated heterocycles. The molecule has 0 aliphatic carbocycles. The summed E-state index contributed by atoms with van der Waals surface area (Å²) in [5.74, 6) is 0.194. The summed E-state index contributed by atoms with van der Waals surface area (Å²) in [5, 5.41) is 10.5. The van der Waals surface area contributed by atoms with Crippen molar-refractivity contribution in [3.63, 3.8) is 0 Å². The van der Waals surface area contributed by atoms with E-state index >= 15 is 0 Å². The van der Waals surface area contributed by atoms with Crippen LogP contribution < -0.4 is 9.64 Å². The summed E-state index contributed by atoms with van der Waals surface area (Å²) in [5.41, 5.74) is 3.38. The second-order valence-corrected chi connectivity index (χ2v) is 5.70. The van der Waals surface area contributed by atoms with Crippen molar-refractivity contribution in [3.05, 3.63) is 77.9 Å². The zero-order valence-corrected chi connectivity index (χ0v) is 13.1. The molecule has 0 saturated carbocycles. The van der Waals surface area contributed by atoms with E-state index in [0.29, 0.717) is 28.4 Å². The van der Waals surface area contributed by atoms with E-state index in [9.17, 15) is 9.90 Å². The van der Waals surface area contributed by atoms with E-state index in [-0.39, 0.29) is 5.75 Å². The number of fused-ring (bicyclic) bond motifs is 2. The molecule has 0 radical (unpaired) electrons. The van der Waals surface area contributed by atoms with E-state index in [1.807, 2.05) is 54.3 Å². The van der Waals surface area contributed by atoms with Crippen LogP contribution in [0, 0.1) is 6.92 Å². The Morgan fingerprint density at radius 2 is 1.58 bits per heavy atom. The molecule has 1 N–H and O–H groups in total. The normalized spacial score (nSPS) is 12.9. The Hall–Kier alpha value is -3.27. The molecule has 0 amide bonds. The molecule has 0 spiro atoms. The Kier molecular flexibility index (Phi) is 3.24. The van der Waals surface area contributed by atoms with Gasteiger partial charge in [0.2, 0.25) is 0 Å². The first-order valence-electron chi connectivity index (χ1n) is 7.65. The number of hydrogen-bond acceptors (Lipinski definition) is 4. The van der Waals surface area contributed by atoms with E-state index in [0.717, 1.165) is 5.56 Å². The molecule has 0 fully saturated rings. The van der Waals surface area contributed by atoms with Gasteiger partial charge in [0.15, 0.2) is 5.75 Å². The molecule has 4 nitrogen and oxygen atoms in total. The predicted molar refractivity (Wildman–Crippen MR) is 92.5 cm³/mol. The van der Waals surface area contributed by atoms with Crippen molar-refractivity contribution in [3.8, 4) is 11.5 Å². The van der Waals surface area contributed by atoms with Crippen LogP contribution in [0.25, 0.3) is 0 Å². The largest absolute Gasteiger partial charge is 0.506 e. The molecule has 4 rings (SSSR count). The van der Waals surface area contributed by atoms with Crippen molar-refractivity contribution in [1.82, 2.24) is 0 Å². The minimum absolute atomic E-state index is 0.147. The number of carbonyl (C=O) groups is 1. The first-order chi connectivity index (χ1) is 11.6. The number of hydrogen-bond donors (Lipinski definition) is 1. The van der Waals surface area contributed by atoms with Gasteiger partial charge in [0.1, 0.15) is 5.75 Å². The third-order valence-corrected chi connectivity index (χ3v) is 4.05. The van der Waals surface area contributed by atoms with E-state index in [1.165, 1.54) is 0 Å². The molecule has 0 bridgehead atoms. The van der Waals surface area contributed by atoms with E-state index in [4.69, 9.17) is 4.74 Å². The molecule has 0 unspecified atom stereocenters. The molecule has 1 aliphatic heterocycles. The topological polar surface area (TPSA) is 49.8 Å². The second-order valence-electron chi connectivity index (χ2n) is 5.70. The van der Waals surface area contributed by atoms with Gasteiger partial charge >= 0.3 is 5.97 Å². The molecule has 0 aromatic heterocycles. The molecular formula is C20H15NO3. The van der Waals surface area contributed by atoms with E-state index < -0.39 is 5.97 Å². The highest BCUT2D eigenvalue weighted by Gasteiger charge is 2.28. The van der Waals surface area contributed by atoms with Gasteiger partial charge in [-0.3, -0.25) is 0 Å². The van der Waals surface area contributed by atoms with Crippen molar-refractivity contribution < 1.29 is 14.6 Å². The van der Waals surface area contributed by atoms with Crippen LogP contribution in [0.4, 0.5) is 17.1 Å². The fourth-order valence-electron chi connectivity index (χ4n) is 2.94. The second kappa shape index (κ2) is 5.42. The third-order valence-electron chi connectivity index (χ3n) is 4.05. The van der Waals surface area contributed by atoms with Crippen molar-refractivity contribution in [1.29, 1.82) is 0 Å². The Labute approximate surface area is 139 Å². The summed E-state index contributed by atoms with van der Waals surface area (Å²) in [7, 11) is 0. The lowest BCUT2D eigenvalue weighted by molar-refractivity contribution is 0.0738. The van der Waals surface area contributed by atoms with E-state index in [1.54, 1.807) is 24.3 Å². The molecule has 3 aromatic rings. The number of carbonyl (C=O) groups excluding carboxylic acids is 1. The van der Waals surface area contributed by atoms with Crippen LogP contribution in [0.2, 0.25) is 0 Å². The maximum absolute atomic E-state index is 12.5. The highest BCUT2D eigenvalue weighted by molar-refractivity contribution is 6.03. The van der Waals surface area contributed by atoms with Gasteiger partial charge in [-0.15, -0.1) is 0 Å². The van der Waals surface area contributed by atoms with Crippen LogP contribution in [-0.2, 0) is 0 Å². The van der Waals surface area contributed by atoms with Crippen LogP contribution >= 0.6 is 0 Å². The Morgan fingerprint density at radius 3 is 2.38 bits per heavy atom. The molecule has 118 valence electrons. The summed E-state index contributed by atoms with van der Waals surface area (Å²) < 4.78 is 5.54. The summed E-state index contributed by atoms with van der Waals surface area (Å²) >= 11 is 0. The Bertz CT molecular complexity index is 949. The van der Waals surface area contributed by atoms with Gasteiger partial charge in [-0.25, -0.2) is 4.79 Å². The number of ether oxygens (including phenoxy) is 1. The lowest BCUT2D eigenvalue weighted by Crippen LogP contribution is -2.12. The number of rotatable bonds is 1. The van der Waals surface area contributed by atoms with Crippen LogP contribution in [0.3, 0.4) is 0 Å². The molecule has 1 heterocycles. The first kappa shape index (κ1) is 14.3. The molecule has 1 aliphatic rings. The monoisotopic (exact) mass is 317 g/mol. The Balaban J connectivity index is 2.04. The number of esters is 1. The van der Waals surface area contributed by atoms with Gasteiger partial charge in [-0.2, -0.15) is 0 Å². The molecule has 3 aromatic carbocycles. The zero-order valence-electron chi connectivity index (χ0n) is 13.1. The highest BCUT2D eigenvalue weighted by Crippen LogP contribution is 2.46. The van der Waals surface area contributed by atoms with E-state index in [2.05, 4.69) is 0 Å². The van der Waals surface area contributed by atoms with Crippen LogP contribution in [0.1, 0.15) is 15.9 Å². The number of nitrogens with zero attached hydrogens (tertiary/aromatic N) is 1. The quantitative estimate of drug-likeness (QED) is 0.522. The first-order valence-corrected chi connectivity index (χ1v) is 7.65. The van der Waals surface area contributed by atoms with Crippen molar-refractivity contribution >= 4 is 23.0 Å². The van der Waals surface area contributed by atoms with Gasteiger partial charge < -0.3 is 14.7 Å². The lowest BCUT2D eigenvalue weighted by atomic mass is 10.1. The van der Waals surface area contributed by atoms with Gasteiger partial charge in [0.25, 0.3) is 0 Å². The van der Waals surface area contributed by atoms with Gasteiger partial charge in [0.05, 0.1) is 22.6 Å². The fraction of sp³-hybridized carbons (Fsp3) is 0.0500. The number of aromatic hydroxyl groups is 1. The van der Waals surface area contributed by atoms with Crippen LogP contribution in [0.5, 0.6) is 11.5 Å². The average Bonchev–Trinajstić information content (AvgIpc) is 2.70. The van der Waals surface area contributed by atoms with Crippen molar-refractivity contribution in [2.24, 2.45) is 0 Å². The number of phenolic OH excluding ortho intramolecular Hbond substituents is 1. The zero-order chi connectivity index (χ0) is 16.7. The number of aryl methyl sites for hydroxylation is 1. The number of phenols is 1. The minimum Gasteiger partial charge on any atom is -0.506 e. The smallest absolute Gasteiger partial charge is 0.345 e. The summed E-state index contributed by atoms with van der Waals surface area (Å²) in [6.07, 6.45) is 0. The van der Waals surface area contributed by atoms with Gasteiger partial charge in [-0.1, -0.05) is 30.3 Å². The van der Waals surface area contributed by atoms with Crippen LogP contribution in [0.15, 0.2) is 66.7 Å². The standard InChI is InChI=1S/C20H15NO3/c1-13-10-11-16(18(22)12-13)21-15-7-3-2-6-14(15)20(23)24-19-9-5-4-8-17(19)21/h2-12,22H,1H3. The average molecular weight is 317 g/mol. The summed E-state index contributed by atoms with van der Waals surface area (Å²) in [4.78, 5) is 14.3. The van der Waals surface area contributed by atoms with Crippen molar-refractivity contribution in [2.45, 2.75) is 6.92 Å². The van der Waals surface area contributed by atoms with Crippen molar-refractivity contribution in [2.75, 3.05) is 4.90 Å². The Morgan fingerprint density at radius 1 is 0.875 bits per heavy atom.